The first-order valence-electron chi connectivity index (χ1n) is 20.1. The number of carbonyl (C=O) groups is 3. The smallest absolute Gasteiger partial charge is 0.242 e. The van der Waals surface area contributed by atoms with Gasteiger partial charge in [0, 0.05) is 33.0 Å². The van der Waals surface area contributed by atoms with Crippen molar-refractivity contribution in [2.75, 3.05) is 66.4 Å². The van der Waals surface area contributed by atoms with E-state index in [9.17, 15) is 14.4 Å². The van der Waals surface area contributed by atoms with Crippen LogP contribution in [0.2, 0.25) is 0 Å². The highest BCUT2D eigenvalue weighted by Crippen LogP contribution is 2.12. The first kappa shape index (κ1) is 47.2. The Balaban J connectivity index is 4.30. The molecular weight excluding hydrogens is 622 g/mol. The van der Waals surface area contributed by atoms with E-state index in [-0.39, 0.29) is 17.7 Å². The molecule has 0 aliphatic carbocycles. The number of ether oxygens (including phenoxy) is 4. The predicted octanol–water partition coefficient (Wildman–Crippen LogP) is 7.41. The van der Waals surface area contributed by atoms with Gasteiger partial charge in [0.05, 0.1) is 46.2 Å². The van der Waals surface area contributed by atoms with Gasteiger partial charge < -0.3 is 34.9 Å². The van der Waals surface area contributed by atoms with Crippen LogP contribution in [0.5, 0.6) is 0 Å². The summed E-state index contributed by atoms with van der Waals surface area (Å²) in [7, 11) is 1.64. The molecule has 0 rings (SSSR count). The molecule has 0 spiro atoms. The second-order valence-corrected chi connectivity index (χ2v) is 13.2. The topological polar surface area (TPSA) is 124 Å². The van der Waals surface area contributed by atoms with E-state index in [1.807, 2.05) is 0 Å². The maximum Gasteiger partial charge on any atom is 0.242 e. The van der Waals surface area contributed by atoms with E-state index < -0.39 is 6.04 Å². The van der Waals surface area contributed by atoms with Crippen molar-refractivity contribution in [3.8, 4) is 0 Å². The molecule has 0 aromatic rings. The van der Waals surface area contributed by atoms with E-state index >= 15 is 0 Å². The number of hydrogen-bond donors (Lipinski definition) is 3. The Morgan fingerprint density at radius 1 is 0.469 bits per heavy atom. The van der Waals surface area contributed by atoms with Crippen molar-refractivity contribution < 1.29 is 33.3 Å². The van der Waals surface area contributed by atoms with Gasteiger partial charge in [0.15, 0.2) is 0 Å². The summed E-state index contributed by atoms with van der Waals surface area (Å²) in [6.07, 6.45) is 24.9. The first-order valence-corrected chi connectivity index (χ1v) is 20.1. The zero-order chi connectivity index (χ0) is 35.9. The van der Waals surface area contributed by atoms with Crippen LogP contribution in [-0.2, 0) is 33.3 Å². The van der Waals surface area contributed by atoms with E-state index in [0.29, 0.717) is 78.6 Å². The van der Waals surface area contributed by atoms with Gasteiger partial charge >= 0.3 is 0 Å². The number of unbranched alkanes of at least 4 members (excludes halogenated alkanes) is 17. The molecule has 0 saturated carbocycles. The van der Waals surface area contributed by atoms with Crippen molar-refractivity contribution in [2.24, 2.45) is 0 Å². The molecule has 3 N–H and O–H groups in total. The van der Waals surface area contributed by atoms with Crippen LogP contribution < -0.4 is 16.0 Å². The Labute approximate surface area is 300 Å². The molecule has 0 aromatic heterocycles. The SMILES string of the molecule is CCCCCCCCCCCC(=O)NCCCCC(NC(=O)CCCCCCCCCCC)C(=O)NCCOCCOCCOCCOC. The van der Waals surface area contributed by atoms with Crippen molar-refractivity contribution in [1.29, 1.82) is 0 Å². The van der Waals surface area contributed by atoms with Crippen LogP contribution in [0.1, 0.15) is 162 Å². The Hall–Kier alpha value is -1.75. The minimum atomic E-state index is -0.592. The van der Waals surface area contributed by atoms with Gasteiger partial charge in [0.1, 0.15) is 6.04 Å². The van der Waals surface area contributed by atoms with Crippen molar-refractivity contribution >= 4 is 17.7 Å². The van der Waals surface area contributed by atoms with Gasteiger partial charge in [-0.05, 0) is 32.1 Å². The van der Waals surface area contributed by atoms with Gasteiger partial charge in [0.25, 0.3) is 0 Å². The van der Waals surface area contributed by atoms with Crippen LogP contribution in [0.4, 0.5) is 0 Å². The highest BCUT2D eigenvalue weighted by Gasteiger charge is 2.20. The van der Waals surface area contributed by atoms with Crippen molar-refractivity contribution in [3.05, 3.63) is 0 Å². The molecule has 0 aliphatic heterocycles. The fraction of sp³-hybridized carbons (Fsp3) is 0.923. The molecule has 1 atom stereocenters. The maximum absolute atomic E-state index is 13.0. The highest BCUT2D eigenvalue weighted by atomic mass is 16.6. The second kappa shape index (κ2) is 39.0. The summed E-state index contributed by atoms with van der Waals surface area (Å²) in [5, 5.41) is 8.91. The summed E-state index contributed by atoms with van der Waals surface area (Å²) >= 11 is 0. The van der Waals surface area contributed by atoms with E-state index in [1.165, 1.54) is 83.5 Å². The van der Waals surface area contributed by atoms with Gasteiger partial charge in [-0.2, -0.15) is 0 Å². The summed E-state index contributed by atoms with van der Waals surface area (Å²) in [5.41, 5.74) is 0. The summed E-state index contributed by atoms with van der Waals surface area (Å²) in [6.45, 7) is 8.79. The van der Waals surface area contributed by atoms with Crippen LogP contribution in [-0.4, -0.2) is 90.2 Å². The third kappa shape index (κ3) is 35.9. The molecule has 10 heteroatoms. The average molecular weight is 700 g/mol. The fourth-order valence-corrected chi connectivity index (χ4v) is 5.57. The Morgan fingerprint density at radius 3 is 1.43 bits per heavy atom. The molecule has 0 aromatic carbocycles. The van der Waals surface area contributed by atoms with Crippen molar-refractivity contribution in [1.82, 2.24) is 16.0 Å². The molecule has 290 valence electrons. The number of carbonyl (C=O) groups excluding carboxylic acids is 3. The van der Waals surface area contributed by atoms with Gasteiger partial charge in [-0.25, -0.2) is 0 Å². The van der Waals surface area contributed by atoms with E-state index in [1.54, 1.807) is 7.11 Å². The van der Waals surface area contributed by atoms with Crippen LogP contribution in [0.25, 0.3) is 0 Å². The maximum atomic E-state index is 13.0. The summed E-state index contributed by atoms with van der Waals surface area (Å²) < 4.78 is 21.3. The molecular formula is C39H77N3O7. The number of methoxy groups -OCH3 is 1. The third-order valence-electron chi connectivity index (χ3n) is 8.63. The lowest BCUT2D eigenvalue weighted by Crippen LogP contribution is -2.47. The molecule has 0 saturated heterocycles. The number of amides is 3. The van der Waals surface area contributed by atoms with E-state index in [2.05, 4.69) is 29.8 Å². The molecule has 0 heterocycles. The second-order valence-electron chi connectivity index (χ2n) is 13.2. The minimum absolute atomic E-state index is 0.0723. The van der Waals surface area contributed by atoms with Crippen LogP contribution in [0, 0.1) is 0 Å². The first-order chi connectivity index (χ1) is 24.0. The molecule has 0 radical (unpaired) electrons. The summed E-state index contributed by atoms with van der Waals surface area (Å²) in [5.74, 6) is -0.160. The minimum Gasteiger partial charge on any atom is -0.382 e. The lowest BCUT2D eigenvalue weighted by atomic mass is 10.1. The predicted molar refractivity (Wildman–Crippen MR) is 200 cm³/mol. The monoisotopic (exact) mass is 700 g/mol. The molecule has 3 amide bonds. The van der Waals surface area contributed by atoms with E-state index in [0.717, 1.165) is 44.9 Å². The largest absolute Gasteiger partial charge is 0.382 e. The molecule has 10 nitrogen and oxygen atoms in total. The van der Waals surface area contributed by atoms with Crippen LogP contribution in [0.15, 0.2) is 0 Å². The summed E-state index contributed by atoms with van der Waals surface area (Å²) in [4.78, 5) is 38.0. The fourth-order valence-electron chi connectivity index (χ4n) is 5.57. The Morgan fingerprint density at radius 2 is 0.918 bits per heavy atom. The number of hydrogen-bond acceptors (Lipinski definition) is 7. The molecule has 0 bridgehead atoms. The van der Waals surface area contributed by atoms with Crippen molar-refractivity contribution in [3.63, 3.8) is 0 Å². The molecule has 49 heavy (non-hydrogen) atoms. The summed E-state index contributed by atoms with van der Waals surface area (Å²) in [6, 6.07) is -0.592. The normalized spacial score (nSPS) is 11.8. The Kier molecular flexibility index (Phi) is 37.6. The zero-order valence-corrected chi connectivity index (χ0v) is 32.1. The standard InChI is InChI=1S/C39H77N3O7/c1-4-6-8-10-12-14-16-18-20-25-37(43)40-27-23-22-24-36(42-38(44)26-21-19-17-15-13-11-9-7-5-2)39(45)41-28-29-47-32-33-49-35-34-48-31-30-46-3/h36H,4-35H2,1-3H3,(H,40,43)(H,41,45)(H,42,44). The van der Waals surface area contributed by atoms with Crippen molar-refractivity contribution in [2.45, 2.75) is 168 Å². The van der Waals surface area contributed by atoms with Crippen LogP contribution in [0.3, 0.4) is 0 Å². The molecule has 0 fully saturated rings. The third-order valence-corrected chi connectivity index (χ3v) is 8.63. The molecule has 1 unspecified atom stereocenters. The van der Waals surface area contributed by atoms with Gasteiger partial charge in [-0.1, -0.05) is 117 Å². The lowest BCUT2D eigenvalue weighted by molar-refractivity contribution is -0.129. The number of rotatable bonds is 39. The van der Waals surface area contributed by atoms with Gasteiger partial charge in [-0.15, -0.1) is 0 Å². The highest BCUT2D eigenvalue weighted by molar-refractivity contribution is 5.87. The zero-order valence-electron chi connectivity index (χ0n) is 32.1. The van der Waals surface area contributed by atoms with E-state index in [4.69, 9.17) is 18.9 Å². The van der Waals surface area contributed by atoms with Crippen LogP contribution >= 0.6 is 0 Å². The van der Waals surface area contributed by atoms with Gasteiger partial charge in [-0.3, -0.25) is 14.4 Å². The molecule has 0 aliphatic rings. The Bertz CT molecular complexity index is 741. The number of nitrogens with one attached hydrogen (secondary N) is 3. The lowest BCUT2D eigenvalue weighted by Gasteiger charge is -2.19. The van der Waals surface area contributed by atoms with Gasteiger partial charge in [0.2, 0.25) is 17.7 Å². The quantitative estimate of drug-likeness (QED) is 0.0571. The average Bonchev–Trinajstić information content (AvgIpc) is 3.09.